The van der Waals surface area contributed by atoms with Gasteiger partial charge < -0.3 is 9.64 Å². The number of aromatic nitrogens is 1. The summed E-state index contributed by atoms with van der Waals surface area (Å²) in [7, 11) is 0. The van der Waals surface area contributed by atoms with Gasteiger partial charge in [0, 0.05) is 25.1 Å². The lowest BCUT2D eigenvalue weighted by molar-refractivity contribution is 0.0562. The molecule has 0 aromatic carbocycles. The van der Waals surface area contributed by atoms with E-state index >= 15 is 0 Å². The monoisotopic (exact) mass is 268 g/mol. The number of amides is 1. The molecule has 2 rings (SSSR count). The van der Waals surface area contributed by atoms with Crippen LogP contribution in [0.5, 0.6) is 0 Å². The summed E-state index contributed by atoms with van der Waals surface area (Å²) in [6.07, 6.45) is 1.01. The Labute approximate surface area is 112 Å². The van der Waals surface area contributed by atoms with E-state index in [1.165, 1.54) is 11.3 Å². The van der Waals surface area contributed by atoms with Gasteiger partial charge in [0.15, 0.2) is 5.01 Å². The minimum Gasteiger partial charge on any atom is -0.377 e. The first-order chi connectivity index (χ1) is 8.58. The van der Waals surface area contributed by atoms with Crippen LogP contribution in [0.15, 0.2) is 5.38 Å². The molecule has 0 bridgehead atoms. The number of carbonyl (C=O) groups excluding carboxylic acids is 1. The first-order valence-electron chi connectivity index (χ1n) is 6.44. The zero-order chi connectivity index (χ0) is 13.1. The molecule has 100 valence electrons. The first kappa shape index (κ1) is 13.5. The maximum atomic E-state index is 12.4. The summed E-state index contributed by atoms with van der Waals surface area (Å²) in [4.78, 5) is 18.6. The Kier molecular flexibility index (Phi) is 4.35. The minimum atomic E-state index is 0.0456. The Balaban J connectivity index is 2.09. The molecule has 2 heterocycles. The van der Waals surface area contributed by atoms with E-state index in [2.05, 4.69) is 18.8 Å². The van der Waals surface area contributed by atoms with Crippen LogP contribution in [0.3, 0.4) is 0 Å². The Bertz CT molecular complexity index is 417. The molecule has 0 N–H and O–H groups in total. The van der Waals surface area contributed by atoms with Crippen LogP contribution in [-0.4, -0.2) is 41.6 Å². The van der Waals surface area contributed by atoms with Crippen molar-refractivity contribution >= 4 is 17.2 Å². The predicted octanol–water partition coefficient (Wildman–Crippen LogP) is 2.52. The number of hydrogen-bond donors (Lipinski definition) is 0. The predicted molar refractivity (Wildman–Crippen MR) is 72.1 cm³/mol. The van der Waals surface area contributed by atoms with Crippen LogP contribution in [0.2, 0.25) is 0 Å². The Morgan fingerprint density at radius 2 is 2.39 bits per heavy atom. The molecule has 5 heteroatoms. The van der Waals surface area contributed by atoms with Gasteiger partial charge in [0.2, 0.25) is 0 Å². The lowest BCUT2D eigenvalue weighted by Crippen LogP contribution is -2.35. The van der Waals surface area contributed by atoms with E-state index in [0.29, 0.717) is 17.5 Å². The van der Waals surface area contributed by atoms with Crippen LogP contribution < -0.4 is 0 Å². The summed E-state index contributed by atoms with van der Waals surface area (Å²) in [6, 6.07) is 0. The fraction of sp³-hybridized carbons (Fsp3) is 0.692. The molecule has 1 aliphatic rings. The smallest absolute Gasteiger partial charge is 0.282 e. The molecule has 0 saturated carbocycles. The maximum Gasteiger partial charge on any atom is 0.282 e. The highest BCUT2D eigenvalue weighted by atomic mass is 32.1. The van der Waals surface area contributed by atoms with Crippen molar-refractivity contribution in [2.45, 2.75) is 39.2 Å². The Hall–Kier alpha value is -0.940. The number of nitrogens with zero attached hydrogens (tertiary/aromatic N) is 2. The number of hydrogen-bond acceptors (Lipinski definition) is 4. The topological polar surface area (TPSA) is 42.4 Å². The van der Waals surface area contributed by atoms with Crippen molar-refractivity contribution in [3.05, 3.63) is 16.1 Å². The molecule has 1 aromatic heterocycles. The van der Waals surface area contributed by atoms with Gasteiger partial charge in [0.25, 0.3) is 5.91 Å². The molecule has 1 aromatic rings. The van der Waals surface area contributed by atoms with Crippen molar-refractivity contribution in [1.29, 1.82) is 0 Å². The molecule has 1 saturated heterocycles. The molecule has 1 amide bonds. The normalized spacial score (nSPS) is 21.1. The third-order valence-electron chi connectivity index (χ3n) is 3.04. The van der Waals surface area contributed by atoms with E-state index in [0.717, 1.165) is 25.3 Å². The second kappa shape index (κ2) is 5.80. The third-order valence-corrected chi connectivity index (χ3v) is 3.88. The quantitative estimate of drug-likeness (QED) is 0.827. The van der Waals surface area contributed by atoms with Crippen LogP contribution in [-0.2, 0) is 4.74 Å². The van der Waals surface area contributed by atoms with Crippen LogP contribution in [0.1, 0.15) is 48.6 Å². The molecular formula is C13H20N2O2S. The van der Waals surface area contributed by atoms with Crippen LogP contribution in [0.4, 0.5) is 0 Å². The lowest BCUT2D eigenvalue weighted by atomic mass is 10.2. The second-order valence-corrected chi connectivity index (χ2v) is 5.88. The minimum absolute atomic E-state index is 0.0456. The van der Waals surface area contributed by atoms with E-state index < -0.39 is 0 Å². The molecule has 1 aliphatic heterocycles. The molecule has 0 spiro atoms. The number of rotatable bonds is 2. The molecule has 1 fully saturated rings. The van der Waals surface area contributed by atoms with Crippen molar-refractivity contribution in [3.63, 3.8) is 0 Å². The summed E-state index contributed by atoms with van der Waals surface area (Å²) < 4.78 is 5.55. The van der Waals surface area contributed by atoms with E-state index in [9.17, 15) is 4.79 Å². The highest BCUT2D eigenvalue weighted by Crippen LogP contribution is 2.20. The average Bonchev–Trinajstić information content (AvgIpc) is 2.72. The third kappa shape index (κ3) is 3.09. The van der Waals surface area contributed by atoms with Gasteiger partial charge in [0.1, 0.15) is 0 Å². The zero-order valence-electron chi connectivity index (χ0n) is 11.2. The van der Waals surface area contributed by atoms with E-state index in [1.54, 1.807) is 0 Å². The second-order valence-electron chi connectivity index (χ2n) is 5.02. The summed E-state index contributed by atoms with van der Waals surface area (Å²) in [5.41, 5.74) is 1.00. The van der Waals surface area contributed by atoms with Crippen molar-refractivity contribution in [3.8, 4) is 0 Å². The van der Waals surface area contributed by atoms with Gasteiger partial charge in [-0.1, -0.05) is 13.8 Å². The number of ether oxygens (including phenoxy) is 1. The van der Waals surface area contributed by atoms with Gasteiger partial charge >= 0.3 is 0 Å². The Morgan fingerprint density at radius 1 is 1.61 bits per heavy atom. The maximum absolute atomic E-state index is 12.4. The number of carbonyl (C=O) groups is 1. The van der Waals surface area contributed by atoms with Gasteiger partial charge in [-0.2, -0.15) is 0 Å². The van der Waals surface area contributed by atoms with Crippen molar-refractivity contribution in [2.75, 3.05) is 19.7 Å². The largest absolute Gasteiger partial charge is 0.377 e. The fourth-order valence-electron chi connectivity index (χ4n) is 1.96. The molecule has 4 nitrogen and oxygen atoms in total. The summed E-state index contributed by atoms with van der Waals surface area (Å²) in [5.74, 6) is 0.415. The Morgan fingerprint density at radius 3 is 3.06 bits per heavy atom. The van der Waals surface area contributed by atoms with E-state index in [-0.39, 0.29) is 12.0 Å². The standard InChI is InChI=1S/C13H20N2O2S/c1-9(2)11-8-18-12(14-11)13(16)15-5-4-6-17-10(3)7-15/h8-10H,4-7H2,1-3H3/t10-/m1/s1. The number of thiazole rings is 1. The van der Waals surface area contributed by atoms with Gasteiger partial charge in [-0.15, -0.1) is 11.3 Å². The molecular weight excluding hydrogens is 248 g/mol. The molecule has 18 heavy (non-hydrogen) atoms. The van der Waals surface area contributed by atoms with Crippen molar-refractivity contribution < 1.29 is 9.53 Å². The zero-order valence-corrected chi connectivity index (χ0v) is 12.0. The molecule has 0 aliphatic carbocycles. The van der Waals surface area contributed by atoms with Gasteiger partial charge in [-0.05, 0) is 19.3 Å². The molecule has 0 unspecified atom stereocenters. The van der Waals surface area contributed by atoms with E-state index in [4.69, 9.17) is 4.74 Å². The van der Waals surface area contributed by atoms with Gasteiger partial charge in [0.05, 0.1) is 11.8 Å². The van der Waals surface area contributed by atoms with E-state index in [1.807, 2.05) is 17.2 Å². The molecule has 1 atom stereocenters. The highest BCUT2D eigenvalue weighted by molar-refractivity contribution is 7.11. The van der Waals surface area contributed by atoms with Gasteiger partial charge in [-0.3, -0.25) is 4.79 Å². The average molecular weight is 268 g/mol. The van der Waals surface area contributed by atoms with Crippen molar-refractivity contribution in [2.24, 2.45) is 0 Å². The summed E-state index contributed by atoms with van der Waals surface area (Å²) in [6.45, 7) is 8.35. The fourth-order valence-corrected chi connectivity index (χ4v) is 2.91. The summed E-state index contributed by atoms with van der Waals surface area (Å²) >= 11 is 1.44. The van der Waals surface area contributed by atoms with Crippen LogP contribution >= 0.6 is 11.3 Å². The first-order valence-corrected chi connectivity index (χ1v) is 7.32. The lowest BCUT2D eigenvalue weighted by Gasteiger charge is -2.20. The SMILES string of the molecule is CC(C)c1csc(C(=O)N2CCCO[C@H](C)C2)n1. The van der Waals surface area contributed by atoms with Crippen LogP contribution in [0, 0.1) is 0 Å². The summed E-state index contributed by atoms with van der Waals surface area (Å²) in [5, 5.41) is 2.59. The molecule has 0 radical (unpaired) electrons. The highest BCUT2D eigenvalue weighted by Gasteiger charge is 2.23. The van der Waals surface area contributed by atoms with Crippen molar-refractivity contribution in [1.82, 2.24) is 9.88 Å². The van der Waals surface area contributed by atoms with Gasteiger partial charge in [-0.25, -0.2) is 4.98 Å². The van der Waals surface area contributed by atoms with Crippen LogP contribution in [0.25, 0.3) is 0 Å².